The molecule has 0 spiro atoms. The molecule has 1 heterocycles. The maximum atomic E-state index is 14.7. The average Bonchev–Trinajstić information content (AvgIpc) is 3.17. The van der Waals surface area contributed by atoms with Crippen LogP contribution in [0.3, 0.4) is 0 Å². The number of hydrogen-bond donors (Lipinski definition) is 0. The minimum atomic E-state index is -2.16. The smallest absolute Gasteiger partial charge is 0.200 e. The number of benzene rings is 3. The van der Waals surface area contributed by atoms with E-state index in [-0.39, 0.29) is 0 Å². The van der Waals surface area contributed by atoms with E-state index < -0.39 is 40.8 Å². The Hall–Kier alpha value is -3.09. The van der Waals surface area contributed by atoms with Gasteiger partial charge in [0.2, 0.25) is 5.82 Å². The topological polar surface area (TPSA) is 6.48 Å². The molecule has 0 unspecified atom stereocenters. The van der Waals surface area contributed by atoms with Crippen molar-refractivity contribution in [3.63, 3.8) is 0 Å². The molecule has 3 aromatic carbocycles. The zero-order chi connectivity index (χ0) is 19.8. The standard InChI is InChI=1S/C21H15F5N2/c22-16-15(17(23)19(25)20(26)18(16)24)21-27(13-7-3-1-4-8-13)11-12-28(21)14-9-5-2-6-10-14/h1-10,21H,11-12H2. The molecule has 2 nitrogen and oxygen atoms in total. The summed E-state index contributed by atoms with van der Waals surface area (Å²) < 4.78 is 70.7. The Kier molecular flexibility index (Phi) is 4.66. The molecule has 0 bridgehead atoms. The second-order valence-electron chi connectivity index (χ2n) is 6.42. The number of halogens is 5. The first-order valence-corrected chi connectivity index (χ1v) is 8.65. The van der Waals surface area contributed by atoms with Crippen LogP contribution in [0.25, 0.3) is 0 Å². The van der Waals surface area contributed by atoms with E-state index in [4.69, 9.17) is 0 Å². The van der Waals surface area contributed by atoms with Crippen molar-refractivity contribution in [2.24, 2.45) is 0 Å². The van der Waals surface area contributed by atoms with Crippen LogP contribution in [0.5, 0.6) is 0 Å². The molecular formula is C21H15F5N2. The molecule has 4 rings (SSSR count). The van der Waals surface area contributed by atoms with Crippen molar-refractivity contribution in [3.8, 4) is 0 Å². The fourth-order valence-electron chi connectivity index (χ4n) is 3.57. The molecule has 0 aliphatic carbocycles. The number of hydrogen-bond acceptors (Lipinski definition) is 2. The second kappa shape index (κ2) is 7.14. The van der Waals surface area contributed by atoms with Crippen LogP contribution in [0.4, 0.5) is 33.3 Å². The first-order valence-electron chi connectivity index (χ1n) is 8.65. The van der Waals surface area contributed by atoms with Gasteiger partial charge in [0.15, 0.2) is 23.3 Å². The minimum absolute atomic E-state index is 0.350. The summed E-state index contributed by atoms with van der Waals surface area (Å²) in [6.07, 6.45) is -1.19. The molecule has 1 aliphatic heterocycles. The molecule has 1 fully saturated rings. The van der Waals surface area contributed by atoms with Crippen molar-refractivity contribution in [1.82, 2.24) is 0 Å². The fourth-order valence-corrected chi connectivity index (χ4v) is 3.57. The predicted molar refractivity (Wildman–Crippen MR) is 96.5 cm³/mol. The molecule has 0 aromatic heterocycles. The fraction of sp³-hybridized carbons (Fsp3) is 0.143. The van der Waals surface area contributed by atoms with Gasteiger partial charge in [-0.3, -0.25) is 0 Å². The summed E-state index contributed by atoms with van der Waals surface area (Å²) >= 11 is 0. The Bertz CT molecular complexity index is 918. The molecule has 0 N–H and O–H groups in total. The van der Waals surface area contributed by atoms with Gasteiger partial charge in [-0.1, -0.05) is 36.4 Å². The molecule has 28 heavy (non-hydrogen) atoms. The summed E-state index contributed by atoms with van der Waals surface area (Å²) in [5.74, 6) is -9.67. The lowest BCUT2D eigenvalue weighted by atomic mass is 10.1. The Balaban J connectivity index is 1.92. The van der Waals surface area contributed by atoms with Crippen LogP contribution < -0.4 is 9.80 Å². The minimum Gasteiger partial charge on any atom is -0.345 e. The van der Waals surface area contributed by atoms with Gasteiger partial charge in [-0.25, -0.2) is 22.0 Å². The van der Waals surface area contributed by atoms with Crippen LogP contribution in [0, 0.1) is 29.1 Å². The van der Waals surface area contributed by atoms with E-state index in [0.717, 1.165) is 0 Å². The molecule has 3 aromatic rings. The average molecular weight is 390 g/mol. The van der Waals surface area contributed by atoms with E-state index in [1.54, 1.807) is 70.5 Å². The first-order chi connectivity index (χ1) is 13.5. The number of rotatable bonds is 3. The largest absolute Gasteiger partial charge is 0.345 e. The summed E-state index contributed by atoms with van der Waals surface area (Å²) in [6, 6.07) is 17.5. The lowest BCUT2D eigenvalue weighted by Crippen LogP contribution is -2.33. The van der Waals surface area contributed by atoms with Gasteiger partial charge in [-0.05, 0) is 24.3 Å². The summed E-state index contributed by atoms with van der Waals surface area (Å²) in [6.45, 7) is 0.701. The van der Waals surface area contributed by atoms with Crippen LogP contribution in [0.15, 0.2) is 60.7 Å². The lowest BCUT2D eigenvalue weighted by Gasteiger charge is -2.33. The van der Waals surface area contributed by atoms with Gasteiger partial charge in [0.1, 0.15) is 6.17 Å². The number of para-hydroxylation sites is 2. The molecule has 144 valence electrons. The monoisotopic (exact) mass is 390 g/mol. The van der Waals surface area contributed by atoms with Gasteiger partial charge in [-0.15, -0.1) is 0 Å². The molecule has 0 radical (unpaired) electrons. The van der Waals surface area contributed by atoms with Crippen LogP contribution in [0.1, 0.15) is 11.7 Å². The third-order valence-corrected chi connectivity index (χ3v) is 4.85. The van der Waals surface area contributed by atoms with Gasteiger partial charge >= 0.3 is 0 Å². The molecule has 7 heteroatoms. The molecule has 0 atom stereocenters. The van der Waals surface area contributed by atoms with Gasteiger partial charge in [0.25, 0.3) is 0 Å². The first kappa shape index (κ1) is 18.3. The zero-order valence-corrected chi connectivity index (χ0v) is 14.5. The maximum Gasteiger partial charge on any atom is 0.200 e. The summed E-state index contributed by atoms with van der Waals surface area (Å²) in [4.78, 5) is 3.26. The molecule has 1 saturated heterocycles. The van der Waals surface area contributed by atoms with E-state index in [1.165, 1.54) is 0 Å². The van der Waals surface area contributed by atoms with Gasteiger partial charge in [0, 0.05) is 24.5 Å². The Morgan fingerprint density at radius 1 is 0.536 bits per heavy atom. The van der Waals surface area contributed by atoms with E-state index >= 15 is 0 Å². The Morgan fingerprint density at radius 3 is 1.29 bits per heavy atom. The second-order valence-corrected chi connectivity index (χ2v) is 6.42. The van der Waals surface area contributed by atoms with Crippen LogP contribution in [-0.2, 0) is 0 Å². The Labute approximate surface area is 158 Å². The normalized spacial score (nSPS) is 14.8. The highest BCUT2D eigenvalue weighted by atomic mass is 19.2. The molecule has 0 amide bonds. The highest BCUT2D eigenvalue weighted by Crippen LogP contribution is 2.41. The molecular weight excluding hydrogens is 375 g/mol. The third-order valence-electron chi connectivity index (χ3n) is 4.85. The summed E-state index contributed by atoms with van der Waals surface area (Å²) in [5, 5.41) is 0. The van der Waals surface area contributed by atoms with Crippen LogP contribution in [0.2, 0.25) is 0 Å². The van der Waals surface area contributed by atoms with Crippen molar-refractivity contribution in [2.45, 2.75) is 6.17 Å². The highest BCUT2D eigenvalue weighted by molar-refractivity contribution is 5.59. The van der Waals surface area contributed by atoms with Crippen molar-refractivity contribution in [1.29, 1.82) is 0 Å². The van der Waals surface area contributed by atoms with Crippen LogP contribution >= 0.6 is 0 Å². The van der Waals surface area contributed by atoms with Gasteiger partial charge < -0.3 is 9.80 Å². The lowest BCUT2D eigenvalue weighted by molar-refractivity contribution is 0.364. The maximum absolute atomic E-state index is 14.7. The van der Waals surface area contributed by atoms with Crippen molar-refractivity contribution in [2.75, 3.05) is 22.9 Å². The van der Waals surface area contributed by atoms with E-state index in [0.29, 0.717) is 24.5 Å². The van der Waals surface area contributed by atoms with Crippen molar-refractivity contribution in [3.05, 3.63) is 95.3 Å². The third kappa shape index (κ3) is 2.87. The molecule has 1 aliphatic rings. The SMILES string of the molecule is Fc1c(F)c(F)c(C2N(c3ccccc3)CCN2c2ccccc2)c(F)c1F. The van der Waals surface area contributed by atoms with Crippen LogP contribution in [-0.4, -0.2) is 13.1 Å². The zero-order valence-electron chi connectivity index (χ0n) is 14.5. The number of nitrogens with zero attached hydrogens (tertiary/aromatic N) is 2. The Morgan fingerprint density at radius 2 is 0.893 bits per heavy atom. The van der Waals surface area contributed by atoms with E-state index in [2.05, 4.69) is 0 Å². The van der Waals surface area contributed by atoms with E-state index in [1.807, 2.05) is 0 Å². The van der Waals surface area contributed by atoms with E-state index in [9.17, 15) is 22.0 Å². The summed E-state index contributed by atoms with van der Waals surface area (Å²) in [7, 11) is 0. The quantitative estimate of drug-likeness (QED) is 0.335. The molecule has 0 saturated carbocycles. The van der Waals surface area contributed by atoms with Crippen molar-refractivity contribution >= 4 is 11.4 Å². The van der Waals surface area contributed by atoms with Gasteiger partial charge in [0.05, 0.1) is 5.56 Å². The predicted octanol–water partition coefficient (Wildman–Crippen LogP) is 5.41. The van der Waals surface area contributed by atoms with Gasteiger partial charge in [-0.2, -0.15) is 0 Å². The summed E-state index contributed by atoms with van der Waals surface area (Å²) in [5.41, 5.74) is 0.381. The number of anilines is 2. The van der Waals surface area contributed by atoms with Crippen molar-refractivity contribution < 1.29 is 22.0 Å². The highest BCUT2D eigenvalue weighted by Gasteiger charge is 2.40.